The number of aryl methyl sites for hydroxylation is 1. The van der Waals surface area contributed by atoms with Crippen LogP contribution < -0.4 is 25.5 Å². The van der Waals surface area contributed by atoms with Crippen LogP contribution in [-0.4, -0.2) is 11.3 Å². The highest BCUT2D eigenvalue weighted by atomic mass is 32.1. The Morgan fingerprint density at radius 3 is 1.41 bits per heavy atom. The molecule has 73 heavy (non-hydrogen) atoms. The van der Waals surface area contributed by atoms with Crippen LogP contribution in [0.5, 0.6) is 0 Å². The Hall–Kier alpha value is -6.50. The lowest BCUT2D eigenvalue weighted by Gasteiger charge is -2.43. The van der Waals surface area contributed by atoms with E-state index >= 15 is 0 Å². The van der Waals surface area contributed by atoms with Crippen molar-refractivity contribution >= 4 is 111 Å². The minimum absolute atomic E-state index is 0.00822. The van der Waals surface area contributed by atoms with Crippen molar-refractivity contribution in [2.45, 2.75) is 138 Å². The first-order valence-electron chi connectivity index (χ1n) is 26.4. The molecule has 0 saturated heterocycles. The fraction of sp³-hybridized carbons (Fsp3) is 0.313. The number of nitrogens with zero attached hydrogens (tertiary/aromatic N) is 3. The second-order valence-electron chi connectivity index (χ2n) is 26.5. The van der Waals surface area contributed by atoms with E-state index in [0.29, 0.717) is 0 Å². The summed E-state index contributed by atoms with van der Waals surface area (Å²) in [5.41, 5.74) is 23.1. The topological polar surface area (TPSA) is 24.6 Å². The molecule has 6 heteroatoms. The van der Waals surface area contributed by atoms with Crippen LogP contribution in [0.2, 0.25) is 0 Å². The third-order valence-corrected chi connectivity index (χ3v) is 17.3. The van der Waals surface area contributed by atoms with Crippen molar-refractivity contribution < 1.29 is 4.42 Å². The number of hydrogen-bond acceptors (Lipinski definition) is 4. The lowest BCUT2D eigenvalue weighted by molar-refractivity contribution is 0.590. The molecule has 0 N–H and O–H groups in total. The Bertz CT molecular complexity index is 3870. The average molecular weight is 976 g/mol. The Morgan fingerprint density at radius 1 is 0.425 bits per heavy atom. The molecule has 2 aliphatic rings. The van der Waals surface area contributed by atoms with Crippen molar-refractivity contribution in [1.29, 1.82) is 0 Å². The molecule has 0 bridgehead atoms. The second-order valence-corrected chi connectivity index (χ2v) is 27.5. The van der Waals surface area contributed by atoms with E-state index in [1.807, 2.05) is 11.3 Å². The van der Waals surface area contributed by atoms with Gasteiger partial charge in [0, 0.05) is 55.1 Å². The number of rotatable bonds is 3. The van der Waals surface area contributed by atoms with Crippen LogP contribution in [0.15, 0.2) is 138 Å². The van der Waals surface area contributed by atoms with E-state index in [1.165, 1.54) is 98.6 Å². The minimum atomic E-state index is -0.0801. The van der Waals surface area contributed by atoms with Crippen LogP contribution in [0.3, 0.4) is 0 Å². The van der Waals surface area contributed by atoms with Gasteiger partial charge < -0.3 is 18.8 Å². The number of hydrogen-bond donors (Lipinski definition) is 0. The molecule has 2 aliphatic heterocycles. The lowest BCUT2D eigenvalue weighted by atomic mass is 9.36. The molecule has 5 heterocycles. The molecule has 0 atom stereocenters. The summed E-state index contributed by atoms with van der Waals surface area (Å²) in [6, 6.07) is 52.0. The summed E-state index contributed by atoms with van der Waals surface area (Å²) in [6.07, 6.45) is 0. The van der Waals surface area contributed by atoms with Crippen molar-refractivity contribution in [2.75, 3.05) is 9.80 Å². The van der Waals surface area contributed by atoms with Gasteiger partial charge in [-0.05, 0) is 163 Å². The molecule has 3 aromatic heterocycles. The lowest BCUT2D eigenvalue weighted by Crippen LogP contribution is -2.60. The third-order valence-electron chi connectivity index (χ3n) is 16.0. The molecule has 0 unspecified atom stereocenters. The van der Waals surface area contributed by atoms with Gasteiger partial charge in [0.05, 0.1) is 21.4 Å². The molecule has 12 rings (SSSR count). The van der Waals surface area contributed by atoms with E-state index in [4.69, 9.17) is 4.42 Å². The molecule has 4 nitrogen and oxygen atoms in total. The number of anilines is 6. The molecule has 368 valence electrons. The zero-order valence-corrected chi connectivity index (χ0v) is 46.8. The highest BCUT2D eigenvalue weighted by molar-refractivity contribution is 7.34. The van der Waals surface area contributed by atoms with Crippen LogP contribution in [0.4, 0.5) is 34.1 Å². The maximum Gasteiger partial charge on any atom is 0.264 e. The first-order valence-corrected chi connectivity index (χ1v) is 27.3. The fourth-order valence-corrected chi connectivity index (χ4v) is 13.1. The van der Waals surface area contributed by atoms with Crippen molar-refractivity contribution in [3.8, 4) is 5.69 Å². The number of aromatic nitrogens is 1. The van der Waals surface area contributed by atoms with E-state index in [-0.39, 0.29) is 33.8 Å². The van der Waals surface area contributed by atoms with Crippen molar-refractivity contribution in [1.82, 2.24) is 4.57 Å². The van der Waals surface area contributed by atoms with E-state index < -0.39 is 0 Å². The summed E-state index contributed by atoms with van der Waals surface area (Å²) in [5, 5.41) is 3.60. The predicted molar refractivity (Wildman–Crippen MR) is 318 cm³/mol. The van der Waals surface area contributed by atoms with E-state index in [1.54, 1.807) is 0 Å². The quantitative estimate of drug-likeness (QED) is 0.165. The van der Waals surface area contributed by atoms with Crippen molar-refractivity contribution in [2.24, 2.45) is 0 Å². The van der Waals surface area contributed by atoms with Gasteiger partial charge in [-0.15, -0.1) is 11.3 Å². The molecule has 10 aromatic rings. The standard InChI is InChI=1S/C67H70BN3OS/c1-39-33-54-58-55(34-39)71(47-29-21-42(22-30-47)65(8,9)10)60-59-61(50-36-43(66(11,12)13)23-31-52(50)70(59)46-27-19-41(20-28-46)64(5,6)7)73-62(60)68(58)51-38-57-49(48-35-44(67(14,15)16)24-32-56(48)72-57)37-53(51)69(54)45-25-17-40(18-26-45)63(2,3)4/h17-38H,1-16H3. The summed E-state index contributed by atoms with van der Waals surface area (Å²) >= 11 is 1.99. The molecule has 0 amide bonds. The average Bonchev–Trinajstić information content (AvgIpc) is 3.98. The van der Waals surface area contributed by atoms with Gasteiger partial charge in [-0.25, -0.2) is 0 Å². The highest BCUT2D eigenvalue weighted by Gasteiger charge is 2.47. The fourth-order valence-electron chi connectivity index (χ4n) is 11.7. The van der Waals surface area contributed by atoms with Crippen molar-refractivity contribution in [3.05, 3.63) is 167 Å². The summed E-state index contributed by atoms with van der Waals surface area (Å²) < 4.78 is 12.2. The molecular formula is C67H70BN3OS. The smallest absolute Gasteiger partial charge is 0.264 e. The zero-order chi connectivity index (χ0) is 51.6. The van der Waals surface area contributed by atoms with Crippen LogP contribution in [-0.2, 0) is 27.1 Å². The Balaban J connectivity index is 1.23. The van der Waals surface area contributed by atoms with E-state index in [0.717, 1.165) is 33.3 Å². The van der Waals surface area contributed by atoms with Crippen molar-refractivity contribution in [3.63, 3.8) is 0 Å². The molecule has 7 aromatic carbocycles. The second kappa shape index (κ2) is 15.8. The number of fused-ring (bicyclic) bond motifs is 11. The van der Waals surface area contributed by atoms with Crippen LogP contribution in [0, 0.1) is 6.92 Å². The molecule has 0 fully saturated rings. The van der Waals surface area contributed by atoms with Gasteiger partial charge >= 0.3 is 0 Å². The predicted octanol–water partition coefficient (Wildman–Crippen LogP) is 17.6. The Morgan fingerprint density at radius 2 is 0.877 bits per heavy atom. The Labute approximate surface area is 437 Å². The number of thiophene rings is 1. The summed E-state index contributed by atoms with van der Waals surface area (Å²) in [4.78, 5) is 5.20. The third kappa shape index (κ3) is 7.51. The van der Waals surface area contributed by atoms with Gasteiger partial charge in [0.15, 0.2) is 0 Å². The molecule has 0 spiro atoms. The van der Waals surface area contributed by atoms with Gasteiger partial charge in [0.2, 0.25) is 0 Å². The maximum atomic E-state index is 6.97. The molecule has 0 radical (unpaired) electrons. The molecular weight excluding hydrogens is 906 g/mol. The van der Waals surface area contributed by atoms with Crippen LogP contribution >= 0.6 is 11.3 Å². The Kier molecular flexibility index (Phi) is 10.3. The van der Waals surface area contributed by atoms with Gasteiger partial charge in [-0.1, -0.05) is 152 Å². The monoisotopic (exact) mass is 976 g/mol. The SMILES string of the molecule is Cc1cc2c3c(c1)N(c1ccc(C(C)(C)C)cc1)c1c(sc4c5cc(C(C)(C)C)ccc5n(-c5ccc(C(C)(C)C)cc5)c14)B3c1cc3oc4ccc(C(C)(C)C)cc4c3cc1N2c1ccc(C(C)(C)C)cc1. The van der Waals surface area contributed by atoms with Gasteiger partial charge in [0.25, 0.3) is 6.71 Å². The van der Waals surface area contributed by atoms with Gasteiger partial charge in [-0.3, -0.25) is 0 Å². The summed E-state index contributed by atoms with van der Waals surface area (Å²) in [5.74, 6) is 0. The normalized spacial score (nSPS) is 14.2. The number of benzene rings is 7. The van der Waals surface area contributed by atoms with Crippen LogP contribution in [0.1, 0.15) is 137 Å². The molecule has 0 saturated carbocycles. The first kappa shape index (κ1) is 47.5. The number of furan rings is 1. The molecule has 0 aliphatic carbocycles. The van der Waals surface area contributed by atoms with Gasteiger partial charge in [0.1, 0.15) is 11.2 Å². The zero-order valence-electron chi connectivity index (χ0n) is 45.9. The first-order chi connectivity index (χ1) is 34.3. The maximum absolute atomic E-state index is 6.97. The minimum Gasteiger partial charge on any atom is -0.456 e. The summed E-state index contributed by atoms with van der Waals surface area (Å²) in [7, 11) is 0. The highest BCUT2D eigenvalue weighted by Crippen LogP contribution is 2.52. The van der Waals surface area contributed by atoms with Crippen LogP contribution in [0.25, 0.3) is 48.7 Å². The van der Waals surface area contributed by atoms with Gasteiger partial charge in [-0.2, -0.15) is 0 Å². The van der Waals surface area contributed by atoms with E-state index in [2.05, 4.69) is 259 Å². The van der Waals surface area contributed by atoms with E-state index in [9.17, 15) is 0 Å². The largest absolute Gasteiger partial charge is 0.456 e. The summed E-state index contributed by atoms with van der Waals surface area (Å²) in [6.45, 7) is 36.8.